The Morgan fingerprint density at radius 2 is 2.00 bits per heavy atom. The lowest BCUT2D eigenvalue weighted by Crippen LogP contribution is -2.06. The van der Waals surface area contributed by atoms with Crippen LogP contribution in [0.5, 0.6) is 0 Å². The number of aromatic nitrogens is 2. The molecule has 0 saturated carbocycles. The number of hydrogen-bond acceptors (Lipinski definition) is 4. The molecule has 0 unspecified atom stereocenters. The van der Waals surface area contributed by atoms with Crippen molar-refractivity contribution in [3.63, 3.8) is 0 Å². The Balaban J connectivity index is 2.45. The molecule has 0 amide bonds. The molecule has 0 aliphatic carbocycles. The van der Waals surface area contributed by atoms with Crippen LogP contribution in [0.4, 0.5) is 14.6 Å². The summed E-state index contributed by atoms with van der Waals surface area (Å²) >= 11 is 0. The van der Waals surface area contributed by atoms with Gasteiger partial charge in [-0.1, -0.05) is 6.07 Å². The van der Waals surface area contributed by atoms with Crippen molar-refractivity contribution >= 4 is 5.82 Å². The molecular weight excluding hydrogens is 276 g/mol. The van der Waals surface area contributed by atoms with Crippen LogP contribution in [0.15, 0.2) is 24.3 Å². The average Bonchev–Trinajstić information content (AvgIpc) is 2.48. The fraction of sp³-hybridized carbons (Fsp3) is 0.333. The number of nitrogens with one attached hydrogen (secondary N) is 1. The minimum atomic E-state index is -0.916. The topological polar surface area (TPSA) is 47.0 Å². The Kier molecular flexibility index (Phi) is 5.16. The third-order valence-corrected chi connectivity index (χ3v) is 2.79. The Morgan fingerprint density at radius 1 is 1.19 bits per heavy atom. The van der Waals surface area contributed by atoms with Gasteiger partial charge in [0.05, 0.1) is 5.69 Å². The number of hydrogen-bond donors (Lipinski definition) is 1. The molecule has 1 aromatic carbocycles. The summed E-state index contributed by atoms with van der Waals surface area (Å²) in [7, 11) is 0. The predicted molar refractivity (Wildman–Crippen MR) is 76.9 cm³/mol. The summed E-state index contributed by atoms with van der Waals surface area (Å²) in [4.78, 5) is 8.52. The van der Waals surface area contributed by atoms with Gasteiger partial charge < -0.3 is 10.1 Å². The highest BCUT2D eigenvalue weighted by Gasteiger charge is 2.13. The Labute approximate surface area is 122 Å². The van der Waals surface area contributed by atoms with Crippen LogP contribution in [0.2, 0.25) is 0 Å². The van der Waals surface area contributed by atoms with Crippen molar-refractivity contribution in [2.45, 2.75) is 20.5 Å². The van der Waals surface area contributed by atoms with Crippen LogP contribution in [0.25, 0.3) is 11.3 Å². The van der Waals surface area contributed by atoms with Gasteiger partial charge in [-0.25, -0.2) is 18.7 Å². The van der Waals surface area contributed by atoms with Gasteiger partial charge in [-0.15, -0.1) is 0 Å². The van der Waals surface area contributed by atoms with Crippen LogP contribution in [0, 0.1) is 11.6 Å². The molecule has 1 aromatic heterocycles. The Morgan fingerprint density at radius 3 is 2.71 bits per heavy atom. The van der Waals surface area contributed by atoms with E-state index >= 15 is 0 Å². The monoisotopic (exact) mass is 293 g/mol. The molecule has 21 heavy (non-hydrogen) atoms. The van der Waals surface area contributed by atoms with Crippen molar-refractivity contribution < 1.29 is 13.5 Å². The van der Waals surface area contributed by atoms with E-state index < -0.39 is 11.6 Å². The molecule has 0 saturated heterocycles. The van der Waals surface area contributed by atoms with E-state index in [-0.39, 0.29) is 12.2 Å². The number of ether oxygens (including phenoxy) is 1. The van der Waals surface area contributed by atoms with E-state index in [0.717, 1.165) is 6.07 Å². The average molecular weight is 293 g/mol. The van der Waals surface area contributed by atoms with Gasteiger partial charge in [0, 0.05) is 24.8 Å². The summed E-state index contributed by atoms with van der Waals surface area (Å²) < 4.78 is 32.5. The zero-order valence-electron chi connectivity index (χ0n) is 12.0. The zero-order chi connectivity index (χ0) is 15.2. The molecule has 6 heteroatoms. The summed E-state index contributed by atoms with van der Waals surface area (Å²) in [6.45, 7) is 5.20. The zero-order valence-corrected chi connectivity index (χ0v) is 12.0. The van der Waals surface area contributed by atoms with Gasteiger partial charge in [0.2, 0.25) is 0 Å². The van der Waals surface area contributed by atoms with Crippen LogP contribution >= 0.6 is 0 Å². The lowest BCUT2D eigenvalue weighted by atomic mass is 10.1. The molecule has 112 valence electrons. The maximum absolute atomic E-state index is 13.9. The maximum atomic E-state index is 13.9. The normalized spacial score (nSPS) is 10.7. The number of benzene rings is 1. The minimum Gasteiger partial charge on any atom is -0.374 e. The summed E-state index contributed by atoms with van der Waals surface area (Å²) in [6, 6.07) is 5.61. The lowest BCUT2D eigenvalue weighted by molar-refractivity contribution is 0.128. The summed E-state index contributed by atoms with van der Waals surface area (Å²) in [5.41, 5.74) is 0.432. The summed E-state index contributed by atoms with van der Waals surface area (Å²) in [5, 5.41) is 3.05. The first kappa shape index (κ1) is 15.3. The predicted octanol–water partition coefficient (Wildman–Crippen LogP) is 3.39. The summed E-state index contributed by atoms with van der Waals surface area (Å²) in [5.74, 6) is -0.835. The summed E-state index contributed by atoms with van der Waals surface area (Å²) in [6.07, 6.45) is 0. The van der Waals surface area contributed by atoms with Crippen LogP contribution in [-0.4, -0.2) is 23.1 Å². The molecule has 0 spiro atoms. The highest BCUT2D eigenvalue weighted by atomic mass is 19.2. The van der Waals surface area contributed by atoms with Gasteiger partial charge in [-0.2, -0.15) is 0 Å². The third-order valence-electron chi connectivity index (χ3n) is 2.79. The van der Waals surface area contributed by atoms with E-state index in [1.54, 1.807) is 6.07 Å². The first-order valence-electron chi connectivity index (χ1n) is 6.79. The first-order valence-corrected chi connectivity index (χ1v) is 6.79. The highest BCUT2D eigenvalue weighted by Crippen LogP contribution is 2.24. The number of rotatable bonds is 6. The van der Waals surface area contributed by atoms with Crippen molar-refractivity contribution in [1.82, 2.24) is 9.97 Å². The van der Waals surface area contributed by atoms with Gasteiger partial charge in [0.25, 0.3) is 0 Å². The third kappa shape index (κ3) is 3.72. The van der Waals surface area contributed by atoms with E-state index in [1.165, 1.54) is 12.1 Å². The molecule has 2 aromatic rings. The van der Waals surface area contributed by atoms with Crippen molar-refractivity contribution in [3.05, 3.63) is 41.7 Å². The molecule has 2 rings (SSSR count). The molecule has 1 N–H and O–H groups in total. The highest BCUT2D eigenvalue weighted by molar-refractivity contribution is 5.63. The maximum Gasteiger partial charge on any atom is 0.168 e. The standard InChI is InChI=1S/C15H17F2N3O/c1-3-18-13-8-12(19-14(20-13)9-21-4-2)10-6-5-7-11(16)15(10)17/h5-8H,3-4,9H2,1-2H3,(H,18,19,20). The molecule has 4 nitrogen and oxygen atoms in total. The minimum absolute atomic E-state index is 0.106. The Hall–Kier alpha value is -2.08. The second-order valence-corrected chi connectivity index (χ2v) is 4.32. The van der Waals surface area contributed by atoms with E-state index in [9.17, 15) is 8.78 Å². The SMILES string of the molecule is CCNc1cc(-c2cccc(F)c2F)nc(COCC)n1. The molecule has 0 atom stereocenters. The van der Waals surface area contributed by atoms with E-state index in [1.807, 2.05) is 13.8 Å². The van der Waals surface area contributed by atoms with E-state index in [4.69, 9.17) is 4.74 Å². The number of nitrogens with zero attached hydrogens (tertiary/aromatic N) is 2. The van der Waals surface area contributed by atoms with Crippen LogP contribution in [-0.2, 0) is 11.3 Å². The van der Waals surface area contributed by atoms with Crippen molar-refractivity contribution in [1.29, 1.82) is 0 Å². The van der Waals surface area contributed by atoms with Crippen molar-refractivity contribution in [3.8, 4) is 11.3 Å². The van der Waals surface area contributed by atoms with Gasteiger partial charge in [0.1, 0.15) is 12.4 Å². The quantitative estimate of drug-likeness (QED) is 0.887. The molecule has 0 aliphatic rings. The van der Waals surface area contributed by atoms with Crippen LogP contribution < -0.4 is 5.32 Å². The van der Waals surface area contributed by atoms with Crippen LogP contribution in [0.1, 0.15) is 19.7 Å². The van der Waals surface area contributed by atoms with Gasteiger partial charge >= 0.3 is 0 Å². The van der Waals surface area contributed by atoms with E-state index in [0.29, 0.717) is 30.5 Å². The second kappa shape index (κ2) is 7.08. The van der Waals surface area contributed by atoms with E-state index in [2.05, 4.69) is 15.3 Å². The lowest BCUT2D eigenvalue weighted by Gasteiger charge is -2.10. The van der Waals surface area contributed by atoms with Crippen LogP contribution in [0.3, 0.4) is 0 Å². The van der Waals surface area contributed by atoms with Gasteiger partial charge in [0.15, 0.2) is 17.5 Å². The van der Waals surface area contributed by atoms with Gasteiger partial charge in [-0.05, 0) is 26.0 Å². The molecule has 0 fully saturated rings. The van der Waals surface area contributed by atoms with Crippen molar-refractivity contribution in [2.75, 3.05) is 18.5 Å². The molecule has 0 bridgehead atoms. The largest absolute Gasteiger partial charge is 0.374 e. The smallest absolute Gasteiger partial charge is 0.168 e. The Bertz CT molecular complexity index is 620. The fourth-order valence-electron chi connectivity index (χ4n) is 1.87. The number of anilines is 1. The molecule has 0 aliphatic heterocycles. The van der Waals surface area contributed by atoms with Gasteiger partial charge in [-0.3, -0.25) is 0 Å². The molecular formula is C15H17F2N3O. The van der Waals surface area contributed by atoms with Crippen molar-refractivity contribution in [2.24, 2.45) is 0 Å². The number of halogens is 2. The fourth-order valence-corrected chi connectivity index (χ4v) is 1.87. The molecule has 0 radical (unpaired) electrons. The first-order chi connectivity index (χ1) is 10.2. The second-order valence-electron chi connectivity index (χ2n) is 4.32. The molecule has 1 heterocycles.